The van der Waals surface area contributed by atoms with Crippen LogP contribution in [0.1, 0.15) is 24.2 Å². The van der Waals surface area contributed by atoms with E-state index in [1.807, 2.05) is 30.3 Å². The quantitative estimate of drug-likeness (QED) is 0.533. The maximum absolute atomic E-state index is 6.20. The van der Waals surface area contributed by atoms with E-state index in [1.165, 1.54) is 0 Å². The van der Waals surface area contributed by atoms with Crippen LogP contribution in [-0.2, 0) is 17.7 Å². The molecule has 7 heteroatoms. The summed E-state index contributed by atoms with van der Waals surface area (Å²) in [7, 11) is 1.61. The van der Waals surface area contributed by atoms with Crippen molar-refractivity contribution in [2.45, 2.75) is 31.9 Å². The minimum atomic E-state index is 0.248. The molecule has 0 amide bonds. The zero-order valence-corrected chi connectivity index (χ0v) is 16.3. The molecule has 0 saturated carbocycles. The molecule has 1 aromatic heterocycles. The third kappa shape index (κ3) is 6.19. The predicted molar refractivity (Wildman–Crippen MR) is 107 cm³/mol. The average Bonchev–Trinajstić information content (AvgIpc) is 3.37. The van der Waals surface area contributed by atoms with Crippen LogP contribution in [0.4, 0.5) is 0 Å². The Morgan fingerprint density at radius 1 is 1.33 bits per heavy atom. The number of hydrogen-bond acceptors (Lipinski definition) is 4. The summed E-state index contributed by atoms with van der Waals surface area (Å²) in [5.41, 5.74) is 1.02. The molecule has 1 aliphatic rings. The van der Waals surface area contributed by atoms with Gasteiger partial charge in [-0.1, -0.05) is 17.7 Å². The van der Waals surface area contributed by atoms with Gasteiger partial charge in [-0.15, -0.1) is 0 Å². The van der Waals surface area contributed by atoms with Crippen molar-refractivity contribution in [3.05, 3.63) is 52.9 Å². The van der Waals surface area contributed by atoms with Crippen LogP contribution in [0.2, 0.25) is 5.02 Å². The van der Waals surface area contributed by atoms with E-state index in [0.717, 1.165) is 56.2 Å². The Labute approximate surface area is 164 Å². The van der Waals surface area contributed by atoms with Gasteiger partial charge in [0.2, 0.25) is 0 Å². The molecule has 146 valence electrons. The van der Waals surface area contributed by atoms with Crippen molar-refractivity contribution in [3.8, 4) is 5.75 Å². The Kier molecular flexibility index (Phi) is 7.42. The fourth-order valence-electron chi connectivity index (χ4n) is 2.93. The lowest BCUT2D eigenvalue weighted by Gasteiger charge is -2.15. The van der Waals surface area contributed by atoms with Crippen LogP contribution in [-0.4, -0.2) is 38.9 Å². The molecule has 0 radical (unpaired) electrons. The molecule has 1 aliphatic heterocycles. The molecule has 1 unspecified atom stereocenters. The van der Waals surface area contributed by atoms with Gasteiger partial charge in [0.15, 0.2) is 5.96 Å². The number of aliphatic imine (C=N–C) groups is 1. The van der Waals surface area contributed by atoms with Crippen LogP contribution in [0.3, 0.4) is 0 Å². The van der Waals surface area contributed by atoms with E-state index in [9.17, 15) is 0 Å². The zero-order chi connectivity index (χ0) is 18.9. The van der Waals surface area contributed by atoms with Crippen molar-refractivity contribution in [1.29, 1.82) is 0 Å². The first-order chi connectivity index (χ1) is 13.2. The highest BCUT2D eigenvalue weighted by atomic mass is 35.5. The number of nitrogens with one attached hydrogen (secondary N) is 2. The molecule has 1 fully saturated rings. The van der Waals surface area contributed by atoms with Crippen molar-refractivity contribution < 1.29 is 13.9 Å². The summed E-state index contributed by atoms with van der Waals surface area (Å²) < 4.78 is 16.2. The normalized spacial score (nSPS) is 17.1. The highest BCUT2D eigenvalue weighted by molar-refractivity contribution is 6.32. The van der Waals surface area contributed by atoms with Gasteiger partial charge >= 0.3 is 0 Å². The van der Waals surface area contributed by atoms with Gasteiger partial charge in [0.1, 0.15) is 11.5 Å². The SMILES string of the molecule is COc1ccc(CN=C(NCCc2ccco2)NCC2CCCO2)cc1Cl. The first-order valence-electron chi connectivity index (χ1n) is 9.23. The highest BCUT2D eigenvalue weighted by Gasteiger charge is 2.15. The summed E-state index contributed by atoms with van der Waals surface area (Å²) in [5.74, 6) is 2.37. The summed E-state index contributed by atoms with van der Waals surface area (Å²) in [6, 6.07) is 9.57. The van der Waals surface area contributed by atoms with E-state index in [1.54, 1.807) is 13.4 Å². The largest absolute Gasteiger partial charge is 0.495 e. The number of hydrogen-bond donors (Lipinski definition) is 2. The molecule has 2 N–H and O–H groups in total. The van der Waals surface area contributed by atoms with Crippen LogP contribution in [0, 0.1) is 0 Å². The molecule has 0 spiro atoms. The molecule has 1 aromatic carbocycles. The third-order valence-corrected chi connectivity index (χ3v) is 4.70. The number of nitrogens with zero attached hydrogens (tertiary/aromatic N) is 1. The van der Waals surface area contributed by atoms with Crippen molar-refractivity contribution in [3.63, 3.8) is 0 Å². The molecule has 2 aromatic rings. The van der Waals surface area contributed by atoms with E-state index in [2.05, 4.69) is 15.6 Å². The first-order valence-corrected chi connectivity index (χ1v) is 9.61. The second-order valence-electron chi connectivity index (χ2n) is 6.41. The van der Waals surface area contributed by atoms with E-state index in [4.69, 9.17) is 25.5 Å². The molecule has 27 heavy (non-hydrogen) atoms. The maximum Gasteiger partial charge on any atom is 0.191 e. The van der Waals surface area contributed by atoms with Gasteiger partial charge in [-0.05, 0) is 42.7 Å². The monoisotopic (exact) mass is 391 g/mol. The predicted octanol–water partition coefficient (Wildman–Crippen LogP) is 3.40. The number of benzene rings is 1. The third-order valence-electron chi connectivity index (χ3n) is 4.40. The standard InChI is InChI=1S/C20H26ClN3O3/c1-25-19-7-6-15(12-18(19)21)13-23-20(24-14-17-5-3-11-27-17)22-9-8-16-4-2-10-26-16/h2,4,6-7,10,12,17H,3,5,8-9,11,13-14H2,1H3,(H2,22,23,24). The Hall–Kier alpha value is -2.18. The van der Waals surface area contributed by atoms with Gasteiger partial charge in [0.05, 0.1) is 31.0 Å². The second kappa shape index (κ2) is 10.2. The number of guanidine groups is 1. The summed E-state index contributed by atoms with van der Waals surface area (Å²) >= 11 is 6.20. The fourth-order valence-corrected chi connectivity index (χ4v) is 3.21. The minimum Gasteiger partial charge on any atom is -0.495 e. The topological polar surface area (TPSA) is 68.0 Å². The average molecular weight is 392 g/mol. The van der Waals surface area contributed by atoms with Crippen LogP contribution >= 0.6 is 11.6 Å². The molecule has 0 bridgehead atoms. The van der Waals surface area contributed by atoms with E-state index in [-0.39, 0.29) is 6.10 Å². The fraction of sp³-hybridized carbons (Fsp3) is 0.450. The first kappa shape index (κ1) is 19.6. The Bertz CT molecular complexity index is 728. The van der Waals surface area contributed by atoms with Crippen molar-refractivity contribution in [1.82, 2.24) is 10.6 Å². The molecule has 0 aliphatic carbocycles. The molecular formula is C20H26ClN3O3. The molecular weight excluding hydrogens is 366 g/mol. The van der Waals surface area contributed by atoms with Gasteiger partial charge in [-0.25, -0.2) is 4.99 Å². The van der Waals surface area contributed by atoms with Crippen molar-refractivity contribution in [2.75, 3.05) is 26.8 Å². The second-order valence-corrected chi connectivity index (χ2v) is 6.81. The van der Waals surface area contributed by atoms with Crippen molar-refractivity contribution in [2.24, 2.45) is 4.99 Å². The molecule has 3 rings (SSSR count). The molecule has 1 saturated heterocycles. The van der Waals surface area contributed by atoms with Crippen LogP contribution in [0.25, 0.3) is 0 Å². The summed E-state index contributed by atoms with van der Waals surface area (Å²) in [5, 5.41) is 7.32. The van der Waals surface area contributed by atoms with Gasteiger partial charge < -0.3 is 24.5 Å². The molecule has 1 atom stereocenters. The van der Waals surface area contributed by atoms with Gasteiger partial charge in [-0.2, -0.15) is 0 Å². The van der Waals surface area contributed by atoms with Gasteiger partial charge in [-0.3, -0.25) is 0 Å². The minimum absolute atomic E-state index is 0.248. The summed E-state index contributed by atoms with van der Waals surface area (Å²) in [4.78, 5) is 4.68. The Morgan fingerprint density at radius 2 is 2.26 bits per heavy atom. The number of rotatable bonds is 8. The van der Waals surface area contributed by atoms with Gasteiger partial charge in [0.25, 0.3) is 0 Å². The van der Waals surface area contributed by atoms with E-state index < -0.39 is 0 Å². The molecule has 6 nitrogen and oxygen atoms in total. The van der Waals surface area contributed by atoms with Gasteiger partial charge in [0, 0.05) is 26.1 Å². The number of ether oxygens (including phenoxy) is 2. The number of halogens is 1. The number of furan rings is 1. The Morgan fingerprint density at radius 3 is 2.96 bits per heavy atom. The smallest absolute Gasteiger partial charge is 0.191 e. The number of methoxy groups -OCH3 is 1. The highest BCUT2D eigenvalue weighted by Crippen LogP contribution is 2.25. The van der Waals surface area contributed by atoms with E-state index in [0.29, 0.717) is 17.3 Å². The molecule has 2 heterocycles. The lowest BCUT2D eigenvalue weighted by atomic mass is 10.2. The Balaban J connectivity index is 1.57. The van der Waals surface area contributed by atoms with Crippen LogP contribution in [0.5, 0.6) is 5.75 Å². The van der Waals surface area contributed by atoms with Crippen LogP contribution in [0.15, 0.2) is 46.0 Å². The summed E-state index contributed by atoms with van der Waals surface area (Å²) in [6.45, 7) is 2.84. The lowest BCUT2D eigenvalue weighted by molar-refractivity contribution is 0.114. The zero-order valence-electron chi connectivity index (χ0n) is 15.5. The summed E-state index contributed by atoms with van der Waals surface area (Å²) in [6.07, 6.45) is 4.93. The van der Waals surface area contributed by atoms with Crippen molar-refractivity contribution >= 4 is 17.6 Å². The maximum atomic E-state index is 6.20. The van der Waals surface area contributed by atoms with Crippen LogP contribution < -0.4 is 15.4 Å². The van der Waals surface area contributed by atoms with E-state index >= 15 is 0 Å². The lowest BCUT2D eigenvalue weighted by Crippen LogP contribution is -2.41.